The Morgan fingerprint density at radius 1 is 1.29 bits per heavy atom. The summed E-state index contributed by atoms with van der Waals surface area (Å²) < 4.78 is 0. The number of halogens is 1. The van der Waals surface area contributed by atoms with Gasteiger partial charge in [-0.15, -0.1) is 0 Å². The minimum atomic E-state index is -0.839. The van der Waals surface area contributed by atoms with Crippen molar-refractivity contribution in [3.05, 3.63) is 28.8 Å². The molecule has 0 atom stereocenters. The van der Waals surface area contributed by atoms with Crippen LogP contribution in [0, 0.1) is 11.8 Å². The third kappa shape index (κ3) is 4.71. The summed E-state index contributed by atoms with van der Waals surface area (Å²) >= 11 is 6.07. The molecule has 1 aliphatic carbocycles. The lowest BCUT2D eigenvalue weighted by Crippen LogP contribution is -2.46. The first-order chi connectivity index (χ1) is 11.3. The van der Waals surface area contributed by atoms with E-state index in [0.29, 0.717) is 24.9 Å². The lowest BCUT2D eigenvalue weighted by atomic mass is 9.80. The maximum Gasteiger partial charge on any atom is 0.306 e. The van der Waals surface area contributed by atoms with E-state index < -0.39 is 11.9 Å². The molecule has 1 aromatic rings. The van der Waals surface area contributed by atoms with Gasteiger partial charge < -0.3 is 15.7 Å². The van der Waals surface area contributed by atoms with Gasteiger partial charge in [0.25, 0.3) is 5.91 Å². The van der Waals surface area contributed by atoms with Crippen LogP contribution in [0.5, 0.6) is 0 Å². The summed E-state index contributed by atoms with van der Waals surface area (Å²) in [6.07, 6.45) is 1.23. The predicted octanol–water partition coefficient (Wildman–Crippen LogP) is 2.92. The third-order valence-corrected chi connectivity index (χ3v) is 4.24. The van der Waals surface area contributed by atoms with E-state index in [1.54, 1.807) is 12.1 Å². The van der Waals surface area contributed by atoms with Crippen LogP contribution in [-0.2, 0) is 9.59 Å². The predicted molar refractivity (Wildman–Crippen MR) is 91.2 cm³/mol. The summed E-state index contributed by atoms with van der Waals surface area (Å²) in [6.45, 7) is 3.90. The molecule has 2 amide bonds. The van der Waals surface area contributed by atoms with Crippen LogP contribution < -0.4 is 10.6 Å². The summed E-state index contributed by atoms with van der Waals surface area (Å²) in [5.74, 6) is -1.49. The maximum atomic E-state index is 12.3. The molecule has 1 fully saturated rings. The topological polar surface area (TPSA) is 95.5 Å². The number of hydrogen-bond acceptors (Lipinski definition) is 3. The van der Waals surface area contributed by atoms with Crippen LogP contribution in [0.1, 0.15) is 43.5 Å². The highest BCUT2D eigenvalue weighted by Crippen LogP contribution is 2.28. The quantitative estimate of drug-likeness (QED) is 0.733. The van der Waals surface area contributed by atoms with Crippen molar-refractivity contribution in [3.63, 3.8) is 0 Å². The van der Waals surface area contributed by atoms with E-state index in [4.69, 9.17) is 16.7 Å². The third-order valence-electron chi connectivity index (χ3n) is 3.91. The second kappa shape index (κ2) is 7.66. The number of carbonyl (C=O) groups is 3. The Labute approximate surface area is 145 Å². The zero-order valence-corrected chi connectivity index (χ0v) is 14.4. The summed E-state index contributed by atoms with van der Waals surface area (Å²) in [6, 6.07) is 4.57. The lowest BCUT2D eigenvalue weighted by Gasteiger charge is -2.32. The fourth-order valence-corrected chi connectivity index (χ4v) is 2.76. The van der Waals surface area contributed by atoms with E-state index in [9.17, 15) is 14.4 Å². The van der Waals surface area contributed by atoms with Crippen molar-refractivity contribution in [2.24, 2.45) is 11.8 Å². The number of rotatable bonds is 6. The van der Waals surface area contributed by atoms with Gasteiger partial charge in [-0.05, 0) is 37.0 Å². The fraction of sp³-hybridized carbons (Fsp3) is 0.471. The standard InChI is InChI=1S/C17H21ClN2O4/c1-9(2)5-15(21)19-11-3-4-14(18)13(8-11)16(22)20-12-6-10(7-12)17(23)24/h3-4,8-10,12H,5-7H2,1-2H3,(H,19,21)(H,20,22)(H,23,24). The van der Waals surface area contributed by atoms with Gasteiger partial charge >= 0.3 is 5.97 Å². The second-order valence-electron chi connectivity index (χ2n) is 6.52. The Morgan fingerprint density at radius 2 is 1.96 bits per heavy atom. The molecule has 0 aromatic heterocycles. The number of aliphatic carboxylic acids is 1. The molecule has 1 aliphatic rings. The number of nitrogens with one attached hydrogen (secondary N) is 2. The number of amides is 2. The molecule has 0 unspecified atom stereocenters. The Bertz CT molecular complexity index is 654. The van der Waals surface area contributed by atoms with E-state index in [0.717, 1.165) is 0 Å². The largest absolute Gasteiger partial charge is 0.481 e. The van der Waals surface area contributed by atoms with Crippen molar-refractivity contribution in [3.8, 4) is 0 Å². The fourth-order valence-electron chi connectivity index (χ4n) is 2.56. The summed E-state index contributed by atoms with van der Waals surface area (Å²) in [5, 5.41) is 14.7. The molecular formula is C17H21ClN2O4. The van der Waals surface area contributed by atoms with E-state index >= 15 is 0 Å². The summed E-state index contributed by atoms with van der Waals surface area (Å²) in [5.41, 5.74) is 0.769. The average molecular weight is 353 g/mol. The van der Waals surface area contributed by atoms with Crippen molar-refractivity contribution in [2.45, 2.75) is 39.2 Å². The highest BCUT2D eigenvalue weighted by molar-refractivity contribution is 6.34. The van der Waals surface area contributed by atoms with Crippen LogP contribution in [0.3, 0.4) is 0 Å². The highest BCUT2D eigenvalue weighted by atomic mass is 35.5. The van der Waals surface area contributed by atoms with Crippen molar-refractivity contribution in [1.29, 1.82) is 0 Å². The molecular weight excluding hydrogens is 332 g/mol. The Hall–Kier alpha value is -2.08. The first kappa shape index (κ1) is 18.3. The number of hydrogen-bond donors (Lipinski definition) is 3. The van der Waals surface area contributed by atoms with Gasteiger partial charge in [0.05, 0.1) is 16.5 Å². The van der Waals surface area contributed by atoms with Crippen molar-refractivity contribution >= 4 is 35.1 Å². The lowest BCUT2D eigenvalue weighted by molar-refractivity contribution is -0.145. The first-order valence-corrected chi connectivity index (χ1v) is 8.27. The first-order valence-electron chi connectivity index (χ1n) is 7.89. The van der Waals surface area contributed by atoms with E-state index in [1.807, 2.05) is 13.8 Å². The van der Waals surface area contributed by atoms with Crippen molar-refractivity contribution in [1.82, 2.24) is 5.32 Å². The number of anilines is 1. The molecule has 0 heterocycles. The van der Waals surface area contributed by atoms with Crippen LogP contribution in [0.4, 0.5) is 5.69 Å². The number of carbonyl (C=O) groups excluding carboxylic acids is 2. The molecule has 0 aliphatic heterocycles. The minimum absolute atomic E-state index is 0.123. The Balaban J connectivity index is 1.99. The van der Waals surface area contributed by atoms with Crippen LogP contribution in [0.15, 0.2) is 18.2 Å². The van der Waals surface area contributed by atoms with E-state index in [-0.39, 0.29) is 34.4 Å². The molecule has 130 valence electrons. The number of benzene rings is 1. The molecule has 0 spiro atoms. The average Bonchev–Trinajstić information content (AvgIpc) is 2.42. The number of carboxylic acids is 1. The van der Waals surface area contributed by atoms with Gasteiger partial charge in [0.2, 0.25) is 5.91 Å². The Kier molecular flexibility index (Phi) is 5.83. The van der Waals surface area contributed by atoms with Crippen molar-refractivity contribution < 1.29 is 19.5 Å². The van der Waals surface area contributed by atoms with Gasteiger partial charge in [-0.3, -0.25) is 14.4 Å². The molecule has 3 N–H and O–H groups in total. The molecule has 0 radical (unpaired) electrons. The van der Waals surface area contributed by atoms with Gasteiger partial charge in [0.1, 0.15) is 0 Å². The van der Waals surface area contributed by atoms with Gasteiger partial charge in [-0.1, -0.05) is 25.4 Å². The van der Waals surface area contributed by atoms with Gasteiger partial charge in [0.15, 0.2) is 0 Å². The molecule has 2 rings (SSSR count). The summed E-state index contributed by atoms with van der Waals surface area (Å²) in [4.78, 5) is 34.9. The smallest absolute Gasteiger partial charge is 0.306 e. The number of carboxylic acid groups (broad SMARTS) is 1. The van der Waals surface area contributed by atoms with Gasteiger partial charge in [-0.2, -0.15) is 0 Å². The van der Waals surface area contributed by atoms with Crippen LogP contribution in [0.25, 0.3) is 0 Å². The minimum Gasteiger partial charge on any atom is -0.481 e. The highest BCUT2D eigenvalue weighted by Gasteiger charge is 2.35. The normalized spacial score (nSPS) is 19.5. The van der Waals surface area contributed by atoms with Crippen molar-refractivity contribution in [2.75, 3.05) is 5.32 Å². The van der Waals surface area contributed by atoms with Gasteiger partial charge in [-0.25, -0.2) is 0 Å². The molecule has 6 nitrogen and oxygen atoms in total. The molecule has 24 heavy (non-hydrogen) atoms. The van der Waals surface area contributed by atoms with E-state index in [1.165, 1.54) is 6.07 Å². The molecule has 1 saturated carbocycles. The summed E-state index contributed by atoms with van der Waals surface area (Å²) in [7, 11) is 0. The molecule has 0 saturated heterocycles. The Morgan fingerprint density at radius 3 is 2.54 bits per heavy atom. The van der Waals surface area contributed by atoms with Crippen LogP contribution in [-0.4, -0.2) is 28.9 Å². The zero-order chi connectivity index (χ0) is 17.9. The maximum absolute atomic E-state index is 12.3. The van der Waals surface area contributed by atoms with Gasteiger partial charge in [0, 0.05) is 18.2 Å². The van der Waals surface area contributed by atoms with E-state index in [2.05, 4.69) is 10.6 Å². The second-order valence-corrected chi connectivity index (χ2v) is 6.92. The SMILES string of the molecule is CC(C)CC(=O)Nc1ccc(Cl)c(C(=O)NC2CC(C(=O)O)C2)c1. The monoisotopic (exact) mass is 352 g/mol. The van der Waals surface area contributed by atoms with Crippen LogP contribution >= 0.6 is 11.6 Å². The molecule has 1 aromatic carbocycles. The van der Waals surface area contributed by atoms with Crippen LogP contribution in [0.2, 0.25) is 5.02 Å². The molecule has 0 bridgehead atoms. The molecule has 7 heteroatoms. The zero-order valence-electron chi connectivity index (χ0n) is 13.6.